The Labute approximate surface area is 221 Å². The van der Waals surface area contributed by atoms with Crippen molar-refractivity contribution < 1.29 is 13.6 Å². The van der Waals surface area contributed by atoms with Crippen LogP contribution in [0.3, 0.4) is 0 Å². The molecule has 12 heteroatoms. The van der Waals surface area contributed by atoms with Crippen LogP contribution < -0.4 is 16.4 Å². The summed E-state index contributed by atoms with van der Waals surface area (Å²) < 4.78 is 28.6. The van der Waals surface area contributed by atoms with Crippen LogP contribution in [0.4, 0.5) is 20.4 Å². The molecular formula is C27H21F2N9O. The van der Waals surface area contributed by atoms with Crippen molar-refractivity contribution in [2.24, 2.45) is 7.05 Å². The summed E-state index contributed by atoms with van der Waals surface area (Å²) in [5.74, 6) is -2.06. The van der Waals surface area contributed by atoms with E-state index in [0.29, 0.717) is 17.9 Å². The van der Waals surface area contributed by atoms with Gasteiger partial charge in [-0.2, -0.15) is 5.26 Å². The monoisotopic (exact) mass is 525 g/mol. The smallest absolute Gasteiger partial charge is 0.274 e. The van der Waals surface area contributed by atoms with Gasteiger partial charge < -0.3 is 20.9 Å². The van der Waals surface area contributed by atoms with E-state index in [9.17, 15) is 18.8 Å². The summed E-state index contributed by atoms with van der Waals surface area (Å²) in [5.41, 5.74) is 9.79. The van der Waals surface area contributed by atoms with Gasteiger partial charge in [0.15, 0.2) is 28.8 Å². The van der Waals surface area contributed by atoms with Crippen LogP contribution in [0.1, 0.15) is 27.3 Å². The van der Waals surface area contributed by atoms with Crippen LogP contribution >= 0.6 is 0 Å². The minimum Gasteiger partial charge on any atom is -0.383 e. The van der Waals surface area contributed by atoms with E-state index in [4.69, 9.17) is 5.73 Å². The van der Waals surface area contributed by atoms with Gasteiger partial charge in [-0.1, -0.05) is 30.3 Å². The van der Waals surface area contributed by atoms with E-state index in [0.717, 1.165) is 39.9 Å². The van der Waals surface area contributed by atoms with Crippen LogP contribution in [0.5, 0.6) is 0 Å². The van der Waals surface area contributed by atoms with Gasteiger partial charge in [-0.15, -0.1) is 0 Å². The SMILES string of the molecule is Cn1cc(-c2ccc(CNc3ncc(C#N)nc3C(=O)NCc3ccc(F)c(F)c3)cc2)c2c(N)ncnc21. The predicted molar refractivity (Wildman–Crippen MR) is 140 cm³/mol. The number of carbonyl (C=O) groups is 1. The van der Waals surface area contributed by atoms with Gasteiger partial charge in [-0.05, 0) is 28.8 Å². The summed E-state index contributed by atoms with van der Waals surface area (Å²) >= 11 is 0. The molecule has 2 aromatic carbocycles. The number of hydrogen-bond acceptors (Lipinski definition) is 8. The molecule has 5 aromatic rings. The Kier molecular flexibility index (Phi) is 6.79. The Morgan fingerprint density at radius 1 is 1.05 bits per heavy atom. The summed E-state index contributed by atoms with van der Waals surface area (Å²) in [4.78, 5) is 29.5. The normalized spacial score (nSPS) is 10.8. The van der Waals surface area contributed by atoms with Gasteiger partial charge in [0.25, 0.3) is 5.91 Å². The fraction of sp³-hybridized carbons (Fsp3) is 0.111. The largest absolute Gasteiger partial charge is 0.383 e. The van der Waals surface area contributed by atoms with Crippen LogP contribution in [0.25, 0.3) is 22.2 Å². The molecule has 1 amide bonds. The zero-order valence-electron chi connectivity index (χ0n) is 20.6. The van der Waals surface area contributed by atoms with Crippen molar-refractivity contribution >= 4 is 28.6 Å². The standard InChI is InChI=1S/C27H21F2N9O/c1-38-13-19(22-24(31)35-14-36-26(22)38)17-5-2-15(3-6-17)10-32-25-23(37-18(9-30)12-33-25)27(39)34-11-16-4-7-20(28)21(29)8-16/h2-8,12-14H,10-11H2,1H3,(H,32,33)(H,34,39)(H2,31,35,36). The lowest BCUT2D eigenvalue weighted by Crippen LogP contribution is -2.26. The number of fused-ring (bicyclic) bond motifs is 1. The summed E-state index contributed by atoms with van der Waals surface area (Å²) in [5, 5.41) is 15.7. The van der Waals surface area contributed by atoms with Gasteiger partial charge in [-0.25, -0.2) is 28.7 Å². The van der Waals surface area contributed by atoms with Gasteiger partial charge in [-0.3, -0.25) is 4.79 Å². The number of amides is 1. The van der Waals surface area contributed by atoms with Crippen LogP contribution in [0.15, 0.2) is 61.2 Å². The first kappa shape index (κ1) is 25.2. The predicted octanol–water partition coefficient (Wildman–Crippen LogP) is 3.70. The number of nitrogens with two attached hydrogens (primary N) is 1. The van der Waals surface area contributed by atoms with Gasteiger partial charge >= 0.3 is 0 Å². The molecule has 3 aromatic heterocycles. The Bertz CT molecular complexity index is 1740. The van der Waals surface area contributed by atoms with E-state index in [-0.39, 0.29) is 23.8 Å². The Hall–Kier alpha value is -5.44. The highest BCUT2D eigenvalue weighted by Crippen LogP contribution is 2.32. The van der Waals surface area contributed by atoms with Crippen LogP contribution in [-0.2, 0) is 20.1 Å². The fourth-order valence-electron chi connectivity index (χ4n) is 4.09. The van der Waals surface area contributed by atoms with Crippen LogP contribution in [0.2, 0.25) is 0 Å². The molecule has 0 unspecified atom stereocenters. The first-order chi connectivity index (χ1) is 18.8. The van der Waals surface area contributed by atoms with Crippen molar-refractivity contribution in [3.63, 3.8) is 0 Å². The quantitative estimate of drug-likeness (QED) is 0.291. The lowest BCUT2D eigenvalue weighted by molar-refractivity contribution is 0.0946. The van der Waals surface area contributed by atoms with Crippen molar-refractivity contribution in [3.8, 4) is 17.2 Å². The average Bonchev–Trinajstić information content (AvgIpc) is 3.30. The molecule has 10 nitrogen and oxygen atoms in total. The molecule has 0 fully saturated rings. The van der Waals surface area contributed by atoms with E-state index in [2.05, 4.69) is 30.6 Å². The van der Waals surface area contributed by atoms with E-state index in [1.54, 1.807) is 0 Å². The van der Waals surface area contributed by atoms with E-state index in [1.807, 2.05) is 48.1 Å². The third kappa shape index (κ3) is 5.19. The summed E-state index contributed by atoms with van der Waals surface area (Å²) in [6.07, 6.45) is 4.63. The summed E-state index contributed by atoms with van der Waals surface area (Å²) in [7, 11) is 1.89. The van der Waals surface area contributed by atoms with Crippen LogP contribution in [-0.4, -0.2) is 30.4 Å². The molecule has 0 aliphatic heterocycles. The number of carbonyl (C=O) groups excluding carboxylic acids is 1. The molecule has 5 rings (SSSR count). The molecule has 194 valence electrons. The van der Waals surface area contributed by atoms with Gasteiger partial charge in [0.2, 0.25) is 0 Å². The number of aromatic nitrogens is 5. The molecule has 39 heavy (non-hydrogen) atoms. The molecule has 0 atom stereocenters. The highest BCUT2D eigenvalue weighted by atomic mass is 19.2. The number of halogens is 2. The number of aryl methyl sites for hydroxylation is 1. The number of nitrogen functional groups attached to an aromatic ring is 1. The Morgan fingerprint density at radius 3 is 2.56 bits per heavy atom. The first-order valence-electron chi connectivity index (χ1n) is 11.7. The van der Waals surface area contributed by atoms with E-state index in [1.165, 1.54) is 18.6 Å². The second-order valence-electron chi connectivity index (χ2n) is 8.66. The molecule has 4 N–H and O–H groups in total. The maximum atomic E-state index is 13.5. The molecule has 3 heterocycles. The second-order valence-corrected chi connectivity index (χ2v) is 8.66. The van der Waals surface area contributed by atoms with E-state index < -0.39 is 17.5 Å². The minimum atomic E-state index is -1.02. The third-order valence-corrected chi connectivity index (χ3v) is 6.05. The number of hydrogen-bond donors (Lipinski definition) is 3. The van der Waals surface area contributed by atoms with E-state index >= 15 is 0 Å². The molecule has 0 spiro atoms. The van der Waals surface area contributed by atoms with Crippen molar-refractivity contribution in [3.05, 3.63) is 95.3 Å². The lowest BCUT2D eigenvalue weighted by Gasteiger charge is -2.12. The molecular weight excluding hydrogens is 504 g/mol. The van der Waals surface area contributed by atoms with Crippen molar-refractivity contribution in [1.82, 2.24) is 29.8 Å². The molecule has 0 aliphatic rings. The molecule has 0 aliphatic carbocycles. The first-order valence-corrected chi connectivity index (χ1v) is 11.7. The van der Waals surface area contributed by atoms with Crippen molar-refractivity contribution in [2.45, 2.75) is 13.1 Å². The second kappa shape index (κ2) is 10.5. The molecule has 0 bridgehead atoms. The lowest BCUT2D eigenvalue weighted by atomic mass is 10.0. The number of nitriles is 1. The Balaban J connectivity index is 1.32. The topological polar surface area (TPSA) is 147 Å². The highest BCUT2D eigenvalue weighted by Gasteiger charge is 2.17. The third-order valence-electron chi connectivity index (χ3n) is 6.05. The molecule has 0 saturated heterocycles. The highest BCUT2D eigenvalue weighted by molar-refractivity contribution is 6.00. The maximum absolute atomic E-state index is 13.5. The van der Waals surface area contributed by atoms with Crippen molar-refractivity contribution in [1.29, 1.82) is 5.26 Å². The van der Waals surface area contributed by atoms with Gasteiger partial charge in [0.1, 0.15) is 23.9 Å². The summed E-state index contributed by atoms with van der Waals surface area (Å²) in [6.45, 7) is 0.240. The Morgan fingerprint density at radius 2 is 1.82 bits per heavy atom. The number of benzene rings is 2. The van der Waals surface area contributed by atoms with Crippen LogP contribution in [0, 0.1) is 23.0 Å². The molecule has 0 saturated carbocycles. The van der Waals surface area contributed by atoms with Gasteiger partial charge in [0, 0.05) is 31.9 Å². The number of nitrogens with zero attached hydrogens (tertiary/aromatic N) is 6. The maximum Gasteiger partial charge on any atom is 0.274 e. The van der Waals surface area contributed by atoms with Gasteiger partial charge in [0.05, 0.1) is 11.6 Å². The zero-order chi connectivity index (χ0) is 27.5. The minimum absolute atomic E-state index is 0.0405. The number of rotatable bonds is 7. The average molecular weight is 526 g/mol. The zero-order valence-corrected chi connectivity index (χ0v) is 20.6. The van der Waals surface area contributed by atoms with Crippen molar-refractivity contribution in [2.75, 3.05) is 11.1 Å². The number of anilines is 2. The molecule has 0 radical (unpaired) electrons. The number of nitrogens with one attached hydrogen (secondary N) is 2. The summed E-state index contributed by atoms with van der Waals surface area (Å²) in [6, 6.07) is 12.9. The fourth-order valence-corrected chi connectivity index (χ4v) is 4.09.